The summed E-state index contributed by atoms with van der Waals surface area (Å²) in [6, 6.07) is 4.25. The molecule has 1 aromatic carbocycles. The van der Waals surface area contributed by atoms with E-state index in [1.807, 2.05) is 0 Å². The maximum atomic E-state index is 10.9. The first-order valence-electron chi connectivity index (χ1n) is 7.21. The second-order valence-corrected chi connectivity index (χ2v) is 5.70. The van der Waals surface area contributed by atoms with Gasteiger partial charge in [-0.3, -0.25) is 9.89 Å². The van der Waals surface area contributed by atoms with E-state index in [9.17, 15) is 4.79 Å². The van der Waals surface area contributed by atoms with Gasteiger partial charge in [0.05, 0.1) is 6.42 Å². The molecule has 2 heterocycles. The van der Waals surface area contributed by atoms with Crippen LogP contribution in [0.4, 0.5) is 0 Å². The Hall–Kier alpha value is -2.63. The molecular weight excluding hydrogens is 278 g/mol. The molecule has 0 aliphatic heterocycles. The highest BCUT2D eigenvalue weighted by molar-refractivity contribution is 5.90. The van der Waals surface area contributed by atoms with Crippen molar-refractivity contribution in [3.8, 4) is 0 Å². The number of carbonyl (C=O) groups is 1. The average molecular weight is 297 g/mol. The Morgan fingerprint density at radius 3 is 2.68 bits per heavy atom. The number of aromatic amines is 2. The number of rotatable bonds is 4. The van der Waals surface area contributed by atoms with Crippen LogP contribution in [-0.4, -0.2) is 26.1 Å². The lowest BCUT2D eigenvalue weighted by Crippen LogP contribution is -2.14. The predicted octanol–water partition coefficient (Wildman–Crippen LogP) is 1.83. The minimum Gasteiger partial charge on any atom is -0.369 e. The van der Waals surface area contributed by atoms with E-state index in [0.29, 0.717) is 12.2 Å². The molecule has 3 aromatic rings. The van der Waals surface area contributed by atoms with E-state index in [1.54, 1.807) is 0 Å². The first kappa shape index (κ1) is 14.3. The number of nitrogens with zero attached hydrogens (tertiary/aromatic N) is 2. The molecule has 0 radical (unpaired) electrons. The van der Waals surface area contributed by atoms with Gasteiger partial charge in [0.2, 0.25) is 5.91 Å². The Kier molecular flexibility index (Phi) is 3.44. The van der Waals surface area contributed by atoms with E-state index in [4.69, 9.17) is 5.73 Å². The van der Waals surface area contributed by atoms with Gasteiger partial charge >= 0.3 is 0 Å². The normalized spacial score (nSPS) is 11.2. The molecule has 0 unspecified atom stereocenters. The number of H-pyrrole nitrogens is 2. The zero-order valence-electron chi connectivity index (χ0n) is 12.9. The number of nitrogens with one attached hydrogen (secondary N) is 2. The predicted molar refractivity (Wildman–Crippen MR) is 84.6 cm³/mol. The van der Waals surface area contributed by atoms with Crippen molar-refractivity contribution >= 4 is 16.8 Å². The van der Waals surface area contributed by atoms with E-state index in [0.717, 1.165) is 11.5 Å². The lowest BCUT2D eigenvalue weighted by atomic mass is 10.0. The number of benzene rings is 1. The van der Waals surface area contributed by atoms with Gasteiger partial charge in [-0.2, -0.15) is 5.10 Å². The quantitative estimate of drug-likeness (QED) is 0.684. The molecule has 0 bridgehead atoms. The van der Waals surface area contributed by atoms with Crippen molar-refractivity contribution < 1.29 is 4.79 Å². The number of carbonyl (C=O) groups excluding carboxylic acids is 1. The fourth-order valence-corrected chi connectivity index (χ4v) is 2.85. The van der Waals surface area contributed by atoms with Crippen molar-refractivity contribution in [2.45, 2.75) is 33.6 Å². The van der Waals surface area contributed by atoms with Crippen LogP contribution in [0, 0.1) is 20.8 Å². The summed E-state index contributed by atoms with van der Waals surface area (Å²) < 4.78 is 0. The average Bonchev–Trinajstić information content (AvgIpc) is 3.00. The third kappa shape index (κ3) is 2.47. The Morgan fingerprint density at radius 2 is 1.95 bits per heavy atom. The van der Waals surface area contributed by atoms with Crippen LogP contribution in [0.15, 0.2) is 12.1 Å². The molecule has 0 fully saturated rings. The third-order valence-electron chi connectivity index (χ3n) is 3.94. The number of hydrogen-bond acceptors (Lipinski definition) is 3. The fourth-order valence-electron chi connectivity index (χ4n) is 2.85. The Morgan fingerprint density at radius 1 is 1.23 bits per heavy atom. The van der Waals surface area contributed by atoms with Crippen LogP contribution in [-0.2, 0) is 17.6 Å². The van der Waals surface area contributed by atoms with Crippen molar-refractivity contribution in [3.63, 3.8) is 0 Å². The number of aryl methyl sites for hydroxylation is 3. The zero-order valence-corrected chi connectivity index (χ0v) is 12.9. The summed E-state index contributed by atoms with van der Waals surface area (Å²) in [6.45, 7) is 6.27. The standard InChI is InChI=1S/C16H19N5O/c1-8-4-5-9(2)16-15(8)11(10(3)18-16)6-13-19-14(21-20-13)7-12(17)22/h4-5,18H,6-7H2,1-3H3,(H2,17,22)(H,19,20,21). The van der Waals surface area contributed by atoms with Crippen LogP contribution in [0.25, 0.3) is 10.9 Å². The molecule has 0 atom stereocenters. The van der Waals surface area contributed by atoms with Gasteiger partial charge < -0.3 is 10.7 Å². The van der Waals surface area contributed by atoms with Crippen LogP contribution in [0.2, 0.25) is 0 Å². The van der Waals surface area contributed by atoms with Gasteiger partial charge in [-0.25, -0.2) is 4.98 Å². The summed E-state index contributed by atoms with van der Waals surface area (Å²) in [5, 5.41) is 8.17. The van der Waals surface area contributed by atoms with Crippen LogP contribution in [0.5, 0.6) is 0 Å². The molecule has 0 saturated heterocycles. The van der Waals surface area contributed by atoms with Gasteiger partial charge in [0, 0.05) is 23.0 Å². The molecule has 1 amide bonds. The monoisotopic (exact) mass is 297 g/mol. The zero-order chi connectivity index (χ0) is 15.9. The number of nitrogens with two attached hydrogens (primary N) is 1. The minimum absolute atomic E-state index is 0.0570. The highest BCUT2D eigenvalue weighted by atomic mass is 16.1. The number of amides is 1. The largest absolute Gasteiger partial charge is 0.369 e. The molecule has 6 heteroatoms. The van der Waals surface area contributed by atoms with Crippen LogP contribution >= 0.6 is 0 Å². The molecule has 114 valence electrons. The van der Waals surface area contributed by atoms with E-state index < -0.39 is 5.91 Å². The molecule has 0 saturated carbocycles. The maximum absolute atomic E-state index is 10.9. The van der Waals surface area contributed by atoms with Gasteiger partial charge in [0.25, 0.3) is 0 Å². The van der Waals surface area contributed by atoms with Gasteiger partial charge in [0.15, 0.2) is 5.82 Å². The lowest BCUT2D eigenvalue weighted by molar-refractivity contribution is -0.117. The van der Waals surface area contributed by atoms with Gasteiger partial charge in [-0.15, -0.1) is 0 Å². The molecule has 2 aromatic heterocycles. The molecule has 3 rings (SSSR count). The van der Waals surface area contributed by atoms with Gasteiger partial charge in [-0.05, 0) is 37.5 Å². The number of aromatic nitrogens is 4. The second kappa shape index (κ2) is 5.29. The highest BCUT2D eigenvalue weighted by Gasteiger charge is 2.15. The van der Waals surface area contributed by atoms with E-state index in [2.05, 4.69) is 53.1 Å². The molecule has 0 spiro atoms. The SMILES string of the molecule is Cc1[nH]c2c(C)ccc(C)c2c1Cc1nc(CC(N)=O)n[nH]1. The van der Waals surface area contributed by atoms with Crippen LogP contribution in [0.3, 0.4) is 0 Å². The summed E-state index contributed by atoms with van der Waals surface area (Å²) >= 11 is 0. The lowest BCUT2D eigenvalue weighted by Gasteiger charge is -2.03. The summed E-state index contributed by atoms with van der Waals surface area (Å²) in [6.07, 6.45) is 0.698. The summed E-state index contributed by atoms with van der Waals surface area (Å²) in [5.74, 6) is 0.745. The van der Waals surface area contributed by atoms with Crippen molar-refractivity contribution in [2.24, 2.45) is 5.73 Å². The first-order chi connectivity index (χ1) is 10.5. The first-order valence-corrected chi connectivity index (χ1v) is 7.21. The van der Waals surface area contributed by atoms with E-state index in [-0.39, 0.29) is 6.42 Å². The van der Waals surface area contributed by atoms with E-state index in [1.165, 1.54) is 27.6 Å². The Balaban J connectivity index is 2.00. The van der Waals surface area contributed by atoms with E-state index >= 15 is 0 Å². The van der Waals surface area contributed by atoms with Crippen molar-refractivity contribution in [1.29, 1.82) is 0 Å². The maximum Gasteiger partial charge on any atom is 0.225 e. The number of hydrogen-bond donors (Lipinski definition) is 3. The fraction of sp³-hybridized carbons (Fsp3) is 0.312. The molecular formula is C16H19N5O. The van der Waals surface area contributed by atoms with Crippen LogP contribution < -0.4 is 5.73 Å². The molecule has 6 nitrogen and oxygen atoms in total. The topological polar surface area (TPSA) is 100 Å². The Bertz CT molecular complexity index is 859. The van der Waals surface area contributed by atoms with Crippen molar-refractivity contribution in [3.05, 3.63) is 46.2 Å². The van der Waals surface area contributed by atoms with Gasteiger partial charge in [-0.1, -0.05) is 12.1 Å². The van der Waals surface area contributed by atoms with Gasteiger partial charge in [0.1, 0.15) is 5.82 Å². The smallest absolute Gasteiger partial charge is 0.225 e. The summed E-state index contributed by atoms with van der Waals surface area (Å²) in [7, 11) is 0. The number of primary amides is 1. The van der Waals surface area contributed by atoms with Crippen LogP contribution in [0.1, 0.15) is 34.0 Å². The molecule has 0 aliphatic rings. The van der Waals surface area contributed by atoms with Crippen molar-refractivity contribution in [1.82, 2.24) is 20.2 Å². The minimum atomic E-state index is -0.430. The summed E-state index contributed by atoms with van der Waals surface area (Å²) in [5.41, 5.74) is 11.1. The second-order valence-electron chi connectivity index (χ2n) is 5.70. The number of fused-ring (bicyclic) bond motifs is 1. The molecule has 0 aliphatic carbocycles. The molecule has 22 heavy (non-hydrogen) atoms. The third-order valence-corrected chi connectivity index (χ3v) is 3.94. The van der Waals surface area contributed by atoms with Crippen molar-refractivity contribution in [2.75, 3.05) is 0 Å². The molecule has 4 N–H and O–H groups in total. The Labute approximate surface area is 128 Å². The highest BCUT2D eigenvalue weighted by Crippen LogP contribution is 2.29. The summed E-state index contributed by atoms with van der Waals surface area (Å²) in [4.78, 5) is 18.7.